The molecule has 5 nitrogen and oxygen atoms in total. The molecule has 0 aliphatic carbocycles. The average molecular weight is 246 g/mol. The van der Waals surface area contributed by atoms with Gasteiger partial charge in [0.2, 0.25) is 11.8 Å². The molecule has 0 radical (unpaired) electrons. The number of para-hydroxylation sites is 2. The molecule has 0 saturated carbocycles. The van der Waals surface area contributed by atoms with Crippen molar-refractivity contribution in [1.82, 2.24) is 9.88 Å². The van der Waals surface area contributed by atoms with Crippen molar-refractivity contribution in [2.45, 2.75) is 0 Å². The SMILES string of the molecule is CN(CCO)C(=O)/C=C/c1nc2ccccc2o1. The highest BCUT2D eigenvalue weighted by atomic mass is 16.3. The zero-order chi connectivity index (χ0) is 13.0. The summed E-state index contributed by atoms with van der Waals surface area (Å²) in [6.45, 7) is 0.246. The Morgan fingerprint density at radius 2 is 2.28 bits per heavy atom. The Morgan fingerprint density at radius 1 is 1.50 bits per heavy atom. The number of benzene rings is 1. The van der Waals surface area contributed by atoms with Crippen molar-refractivity contribution in [2.75, 3.05) is 20.2 Å². The highest BCUT2D eigenvalue weighted by Crippen LogP contribution is 2.15. The number of carbonyl (C=O) groups is 1. The Hall–Kier alpha value is -2.14. The number of amides is 1. The summed E-state index contributed by atoms with van der Waals surface area (Å²) < 4.78 is 5.44. The van der Waals surface area contributed by atoms with Crippen LogP contribution in [0.1, 0.15) is 5.89 Å². The molecule has 1 heterocycles. The van der Waals surface area contributed by atoms with Crippen LogP contribution in [-0.4, -0.2) is 41.1 Å². The number of carbonyl (C=O) groups excluding carboxylic acids is 1. The first-order valence-corrected chi connectivity index (χ1v) is 5.60. The quantitative estimate of drug-likeness (QED) is 0.825. The molecule has 2 aromatic rings. The molecule has 94 valence electrons. The maximum Gasteiger partial charge on any atom is 0.246 e. The molecule has 1 aromatic heterocycles. The number of hydrogen-bond acceptors (Lipinski definition) is 4. The maximum atomic E-state index is 11.6. The van der Waals surface area contributed by atoms with Crippen LogP contribution in [0.4, 0.5) is 0 Å². The highest BCUT2D eigenvalue weighted by Gasteiger charge is 2.05. The zero-order valence-electron chi connectivity index (χ0n) is 10.0. The maximum absolute atomic E-state index is 11.6. The number of fused-ring (bicyclic) bond motifs is 1. The third-order valence-corrected chi connectivity index (χ3v) is 2.49. The number of likely N-dealkylation sites (N-methyl/N-ethyl adjacent to an activating group) is 1. The molecule has 0 saturated heterocycles. The Kier molecular flexibility index (Phi) is 3.74. The van der Waals surface area contributed by atoms with Gasteiger partial charge in [0.15, 0.2) is 5.58 Å². The minimum absolute atomic E-state index is 0.0566. The summed E-state index contributed by atoms with van der Waals surface area (Å²) in [5.74, 6) is 0.188. The van der Waals surface area contributed by atoms with E-state index in [-0.39, 0.29) is 12.5 Å². The molecule has 0 spiro atoms. The molecule has 1 N–H and O–H groups in total. The Bertz CT molecular complexity index is 541. The standard InChI is InChI=1S/C13H14N2O3/c1-15(8-9-16)13(17)7-6-12-14-10-4-2-3-5-11(10)18-12/h2-7,16H,8-9H2,1H3/b7-6+. The summed E-state index contributed by atoms with van der Waals surface area (Å²) in [6.07, 6.45) is 2.90. The van der Waals surface area contributed by atoms with Crippen molar-refractivity contribution in [2.24, 2.45) is 0 Å². The molecule has 2 rings (SSSR count). The normalized spacial score (nSPS) is 11.2. The lowest BCUT2D eigenvalue weighted by Gasteiger charge is -2.12. The zero-order valence-corrected chi connectivity index (χ0v) is 10.0. The van der Waals surface area contributed by atoms with Gasteiger partial charge in [0, 0.05) is 25.7 Å². The van der Waals surface area contributed by atoms with Crippen molar-refractivity contribution in [3.8, 4) is 0 Å². The Balaban J connectivity index is 2.11. The molecular weight excluding hydrogens is 232 g/mol. The molecule has 0 atom stereocenters. The predicted octanol–water partition coefficient (Wildman–Crippen LogP) is 1.29. The molecular formula is C13H14N2O3. The summed E-state index contributed by atoms with van der Waals surface area (Å²) in [6, 6.07) is 7.40. The number of nitrogens with zero attached hydrogens (tertiary/aromatic N) is 2. The second-order valence-electron chi connectivity index (χ2n) is 3.84. The summed E-state index contributed by atoms with van der Waals surface area (Å²) in [5.41, 5.74) is 1.45. The second-order valence-corrected chi connectivity index (χ2v) is 3.84. The number of hydrogen-bond donors (Lipinski definition) is 1. The van der Waals surface area contributed by atoms with Crippen molar-refractivity contribution in [1.29, 1.82) is 0 Å². The molecule has 0 fully saturated rings. The van der Waals surface area contributed by atoms with Crippen LogP contribution in [0.2, 0.25) is 0 Å². The minimum atomic E-state index is -0.202. The van der Waals surface area contributed by atoms with E-state index in [0.29, 0.717) is 18.0 Å². The number of aliphatic hydroxyl groups excluding tert-OH is 1. The fourth-order valence-electron chi connectivity index (χ4n) is 1.49. The summed E-state index contributed by atoms with van der Waals surface area (Å²) in [4.78, 5) is 17.2. The van der Waals surface area contributed by atoms with Gasteiger partial charge in [-0.25, -0.2) is 4.98 Å². The molecule has 18 heavy (non-hydrogen) atoms. The third-order valence-electron chi connectivity index (χ3n) is 2.49. The van der Waals surface area contributed by atoms with Crippen LogP contribution in [-0.2, 0) is 4.79 Å². The average Bonchev–Trinajstić information content (AvgIpc) is 2.78. The summed E-state index contributed by atoms with van der Waals surface area (Å²) in [5, 5.41) is 8.72. The second kappa shape index (κ2) is 5.46. The van der Waals surface area contributed by atoms with E-state index in [9.17, 15) is 4.79 Å². The number of aliphatic hydroxyl groups is 1. The topological polar surface area (TPSA) is 66.6 Å². The fourth-order valence-corrected chi connectivity index (χ4v) is 1.49. The van der Waals surface area contributed by atoms with E-state index in [0.717, 1.165) is 5.52 Å². The number of aromatic nitrogens is 1. The van der Waals surface area contributed by atoms with Gasteiger partial charge in [0.05, 0.1) is 6.61 Å². The van der Waals surface area contributed by atoms with Crippen molar-refractivity contribution in [3.63, 3.8) is 0 Å². The largest absolute Gasteiger partial charge is 0.437 e. The van der Waals surface area contributed by atoms with Gasteiger partial charge in [0.25, 0.3) is 0 Å². The predicted molar refractivity (Wildman–Crippen MR) is 67.8 cm³/mol. The Morgan fingerprint density at radius 3 is 3.00 bits per heavy atom. The monoisotopic (exact) mass is 246 g/mol. The smallest absolute Gasteiger partial charge is 0.246 e. The molecule has 1 aromatic carbocycles. The van der Waals surface area contributed by atoms with E-state index in [2.05, 4.69) is 4.98 Å². The lowest BCUT2D eigenvalue weighted by Crippen LogP contribution is -2.27. The van der Waals surface area contributed by atoms with E-state index in [1.165, 1.54) is 17.1 Å². The lowest BCUT2D eigenvalue weighted by molar-refractivity contribution is -0.125. The molecule has 0 bridgehead atoms. The number of oxazole rings is 1. The van der Waals surface area contributed by atoms with Crippen molar-refractivity contribution < 1.29 is 14.3 Å². The molecule has 0 unspecified atom stereocenters. The third kappa shape index (κ3) is 2.75. The van der Waals surface area contributed by atoms with Crippen LogP contribution in [0.3, 0.4) is 0 Å². The van der Waals surface area contributed by atoms with Crippen LogP contribution >= 0.6 is 0 Å². The summed E-state index contributed by atoms with van der Waals surface area (Å²) in [7, 11) is 1.62. The van der Waals surface area contributed by atoms with E-state index in [1.54, 1.807) is 7.05 Å². The van der Waals surface area contributed by atoms with E-state index in [1.807, 2.05) is 24.3 Å². The van der Waals surface area contributed by atoms with Gasteiger partial charge in [-0.05, 0) is 12.1 Å². The first-order chi connectivity index (χ1) is 8.70. The van der Waals surface area contributed by atoms with E-state index in [4.69, 9.17) is 9.52 Å². The first-order valence-electron chi connectivity index (χ1n) is 5.60. The highest BCUT2D eigenvalue weighted by molar-refractivity contribution is 5.91. The fraction of sp³-hybridized carbons (Fsp3) is 0.231. The van der Waals surface area contributed by atoms with Crippen LogP contribution in [0, 0.1) is 0 Å². The summed E-state index contributed by atoms with van der Waals surface area (Å²) >= 11 is 0. The van der Waals surface area contributed by atoms with Crippen LogP contribution in [0.5, 0.6) is 0 Å². The molecule has 0 aliphatic heterocycles. The van der Waals surface area contributed by atoms with Crippen LogP contribution < -0.4 is 0 Å². The first kappa shape index (κ1) is 12.3. The Labute approximate surface area is 104 Å². The van der Waals surface area contributed by atoms with Gasteiger partial charge in [-0.2, -0.15) is 0 Å². The van der Waals surface area contributed by atoms with Crippen molar-refractivity contribution >= 4 is 23.1 Å². The molecule has 5 heteroatoms. The van der Waals surface area contributed by atoms with E-state index < -0.39 is 0 Å². The van der Waals surface area contributed by atoms with Crippen molar-refractivity contribution in [3.05, 3.63) is 36.2 Å². The molecule has 0 aliphatic rings. The minimum Gasteiger partial charge on any atom is -0.437 e. The lowest BCUT2D eigenvalue weighted by atomic mass is 10.3. The van der Waals surface area contributed by atoms with Crippen LogP contribution in [0.15, 0.2) is 34.8 Å². The molecule has 1 amide bonds. The van der Waals surface area contributed by atoms with Gasteiger partial charge < -0.3 is 14.4 Å². The van der Waals surface area contributed by atoms with Crippen LogP contribution in [0.25, 0.3) is 17.2 Å². The van der Waals surface area contributed by atoms with Gasteiger partial charge in [0.1, 0.15) is 5.52 Å². The number of rotatable bonds is 4. The van der Waals surface area contributed by atoms with E-state index >= 15 is 0 Å². The van der Waals surface area contributed by atoms with Gasteiger partial charge >= 0.3 is 0 Å². The van der Waals surface area contributed by atoms with Gasteiger partial charge in [-0.15, -0.1) is 0 Å². The van der Waals surface area contributed by atoms with Gasteiger partial charge in [-0.3, -0.25) is 4.79 Å². The van der Waals surface area contributed by atoms with Gasteiger partial charge in [-0.1, -0.05) is 12.1 Å².